The van der Waals surface area contributed by atoms with Crippen molar-refractivity contribution in [1.82, 2.24) is 14.5 Å². The van der Waals surface area contributed by atoms with Crippen LogP contribution in [0.15, 0.2) is 17.1 Å². The highest BCUT2D eigenvalue weighted by molar-refractivity contribution is 5.76. The molecule has 8 nitrogen and oxygen atoms in total. The van der Waals surface area contributed by atoms with Crippen LogP contribution in [0.1, 0.15) is 8.97 Å². The van der Waals surface area contributed by atoms with Crippen LogP contribution >= 0.6 is 0 Å². The molecule has 2 aromatic heterocycles. The van der Waals surface area contributed by atoms with Crippen molar-refractivity contribution in [2.75, 3.05) is 12.3 Å². The molecular weight excluding hydrogens is 295 g/mol. The van der Waals surface area contributed by atoms with E-state index >= 15 is 4.39 Å². The van der Waals surface area contributed by atoms with Crippen molar-refractivity contribution in [1.29, 1.82) is 0 Å². The molecule has 0 aromatic carbocycles. The zero-order chi connectivity index (χ0) is 17.9. The summed E-state index contributed by atoms with van der Waals surface area (Å²) < 4.78 is 35.8. The van der Waals surface area contributed by atoms with Crippen molar-refractivity contribution in [3.05, 3.63) is 22.6 Å². The summed E-state index contributed by atoms with van der Waals surface area (Å²) in [6, 6.07) is 1.31. The molecule has 9 heteroatoms. The number of fused-ring (bicyclic) bond motifs is 1. The van der Waals surface area contributed by atoms with Crippen LogP contribution in [0.25, 0.3) is 11.0 Å². The number of nitrogens with zero attached hydrogens (tertiary/aromatic N) is 2. The van der Waals surface area contributed by atoms with Crippen LogP contribution < -0.4 is 11.3 Å². The van der Waals surface area contributed by atoms with Gasteiger partial charge in [0.25, 0.3) is 5.56 Å². The van der Waals surface area contributed by atoms with Gasteiger partial charge in [-0.05, 0) is 6.07 Å². The summed E-state index contributed by atoms with van der Waals surface area (Å²) in [6.45, 7) is -3.05. The van der Waals surface area contributed by atoms with Crippen molar-refractivity contribution >= 4 is 17.0 Å². The molecule has 3 heterocycles. The zero-order valence-corrected chi connectivity index (χ0v) is 11.0. The standard InChI is InChI=1S/C13H13FN4O4/c1-2-13(14)8(20)7(5-19)22-11(13)18-4-3-6-9(18)16-12(15)17-10(6)21/h1,3-4,7-8,11,19-20H,5H2,(H3,15,16,17,21)/t7-,8+,11-,13?/m1/s1/i5D2. The molecule has 4 atom stereocenters. The Hall–Kier alpha value is -2.41. The van der Waals surface area contributed by atoms with E-state index in [1.54, 1.807) is 5.92 Å². The minimum absolute atomic E-state index is 0.0649. The summed E-state index contributed by atoms with van der Waals surface area (Å²) in [4.78, 5) is 18.0. The molecule has 2 aromatic rings. The molecule has 1 unspecified atom stereocenters. The Bertz CT molecular complexity index is 902. The molecule has 0 aliphatic carbocycles. The first-order valence-corrected chi connectivity index (χ1v) is 6.18. The first-order valence-electron chi connectivity index (χ1n) is 7.18. The van der Waals surface area contributed by atoms with E-state index in [9.17, 15) is 15.0 Å². The number of H-pyrrole nitrogens is 1. The highest BCUT2D eigenvalue weighted by Gasteiger charge is 2.57. The molecule has 22 heavy (non-hydrogen) atoms. The maximum Gasteiger partial charge on any atom is 0.261 e. The number of rotatable bonds is 2. The van der Waals surface area contributed by atoms with Gasteiger partial charge in [-0.2, -0.15) is 4.98 Å². The fraction of sp³-hybridized carbons (Fsp3) is 0.385. The Morgan fingerprint density at radius 3 is 3.14 bits per heavy atom. The summed E-state index contributed by atoms with van der Waals surface area (Å²) >= 11 is 0. The van der Waals surface area contributed by atoms with Crippen molar-refractivity contribution in [2.24, 2.45) is 0 Å². The van der Waals surface area contributed by atoms with Crippen LogP contribution in [-0.2, 0) is 4.74 Å². The fourth-order valence-electron chi connectivity index (χ4n) is 2.45. The number of aromatic amines is 1. The number of anilines is 1. The van der Waals surface area contributed by atoms with Gasteiger partial charge in [-0.15, -0.1) is 6.42 Å². The number of aliphatic hydroxyl groups excluding tert-OH is 1. The van der Waals surface area contributed by atoms with Crippen molar-refractivity contribution in [2.45, 2.75) is 24.1 Å². The lowest BCUT2D eigenvalue weighted by molar-refractivity contribution is -0.0501. The van der Waals surface area contributed by atoms with Crippen LogP contribution in [0.5, 0.6) is 0 Å². The maximum atomic E-state index is 15.1. The molecule has 0 amide bonds. The highest BCUT2D eigenvalue weighted by atomic mass is 19.1. The third-order valence-electron chi connectivity index (χ3n) is 3.55. The average Bonchev–Trinajstić information content (AvgIpc) is 2.99. The first-order chi connectivity index (χ1) is 11.1. The Morgan fingerprint density at radius 1 is 1.77 bits per heavy atom. The van der Waals surface area contributed by atoms with E-state index in [0.717, 1.165) is 4.57 Å². The molecule has 1 aliphatic rings. The fourth-order valence-corrected chi connectivity index (χ4v) is 2.45. The third-order valence-corrected chi connectivity index (χ3v) is 3.55. The Morgan fingerprint density at radius 2 is 2.50 bits per heavy atom. The number of hydrogen-bond donors (Lipinski definition) is 4. The maximum absolute atomic E-state index is 15.1. The lowest BCUT2D eigenvalue weighted by Gasteiger charge is -2.24. The van der Waals surface area contributed by atoms with Gasteiger partial charge in [0.15, 0.2) is 11.9 Å². The molecule has 0 saturated carbocycles. The number of terminal acetylenes is 1. The summed E-state index contributed by atoms with van der Waals surface area (Å²) in [5.74, 6) is 1.51. The normalized spacial score (nSPS) is 33.5. The number of ether oxygens (including phenoxy) is 1. The number of hydrogen-bond acceptors (Lipinski definition) is 6. The van der Waals surface area contributed by atoms with Gasteiger partial charge < -0.3 is 25.3 Å². The van der Waals surface area contributed by atoms with E-state index in [4.69, 9.17) is 19.6 Å². The van der Waals surface area contributed by atoms with Gasteiger partial charge in [0.05, 0.1) is 14.7 Å². The molecule has 1 saturated heterocycles. The smallest absolute Gasteiger partial charge is 0.261 e. The summed E-state index contributed by atoms with van der Waals surface area (Å²) in [6.07, 6.45) is 0.591. The Balaban J connectivity index is 2.19. The number of alkyl halides is 1. The average molecular weight is 310 g/mol. The van der Waals surface area contributed by atoms with Gasteiger partial charge in [-0.3, -0.25) is 9.78 Å². The summed E-state index contributed by atoms with van der Waals surface area (Å²) in [5.41, 5.74) is 1.96. The first kappa shape index (κ1) is 12.2. The van der Waals surface area contributed by atoms with Crippen LogP contribution in [0.4, 0.5) is 10.3 Å². The van der Waals surface area contributed by atoms with E-state index in [-0.39, 0.29) is 17.0 Å². The van der Waals surface area contributed by atoms with Crippen molar-refractivity contribution in [3.63, 3.8) is 0 Å². The topological polar surface area (TPSA) is 126 Å². The molecule has 3 rings (SSSR count). The molecule has 0 spiro atoms. The number of halogens is 1. The van der Waals surface area contributed by atoms with Crippen LogP contribution in [-0.4, -0.2) is 49.2 Å². The van der Waals surface area contributed by atoms with Gasteiger partial charge in [0.2, 0.25) is 11.6 Å². The van der Waals surface area contributed by atoms with E-state index in [2.05, 4.69) is 9.97 Å². The number of aliphatic hydroxyl groups is 2. The minimum atomic E-state index is -3.05. The lowest BCUT2D eigenvalue weighted by atomic mass is 9.97. The largest absolute Gasteiger partial charge is 0.394 e. The number of nitrogens with two attached hydrogens (primary N) is 1. The molecule has 1 fully saturated rings. The van der Waals surface area contributed by atoms with Gasteiger partial charge in [0.1, 0.15) is 12.2 Å². The molecule has 5 N–H and O–H groups in total. The van der Waals surface area contributed by atoms with E-state index < -0.39 is 36.2 Å². The molecule has 0 bridgehead atoms. The van der Waals surface area contributed by atoms with Crippen LogP contribution in [0.2, 0.25) is 0 Å². The van der Waals surface area contributed by atoms with E-state index in [1.807, 2.05) is 0 Å². The van der Waals surface area contributed by atoms with Gasteiger partial charge >= 0.3 is 0 Å². The number of aromatic nitrogens is 3. The van der Waals surface area contributed by atoms with Crippen LogP contribution in [0.3, 0.4) is 0 Å². The second-order valence-electron chi connectivity index (χ2n) is 4.81. The monoisotopic (exact) mass is 310 g/mol. The van der Waals surface area contributed by atoms with Crippen molar-refractivity contribution < 1.29 is 22.1 Å². The molecule has 1 aliphatic heterocycles. The SMILES string of the molecule is [2H]C([2H])(O)[C@H]1O[C@@H](n2ccc3c(=O)[nH]c(N)nc32)C(F)(C#C)[C@H]1O. The van der Waals surface area contributed by atoms with Gasteiger partial charge in [0, 0.05) is 6.20 Å². The second-order valence-corrected chi connectivity index (χ2v) is 4.81. The Labute approximate surface area is 126 Å². The number of nitrogens with one attached hydrogen (secondary N) is 1. The lowest BCUT2D eigenvalue weighted by Crippen LogP contribution is -2.42. The minimum Gasteiger partial charge on any atom is -0.394 e. The van der Waals surface area contributed by atoms with Gasteiger partial charge in [-0.1, -0.05) is 5.92 Å². The van der Waals surface area contributed by atoms with Crippen molar-refractivity contribution in [3.8, 4) is 12.3 Å². The highest BCUT2D eigenvalue weighted by Crippen LogP contribution is 2.42. The van der Waals surface area contributed by atoms with E-state index in [1.165, 1.54) is 12.3 Å². The third kappa shape index (κ3) is 1.82. The predicted molar refractivity (Wildman–Crippen MR) is 74.4 cm³/mol. The summed E-state index contributed by atoms with van der Waals surface area (Å²) in [5, 5.41) is 19.5. The Kier molecular flexibility index (Phi) is 2.66. The predicted octanol–water partition coefficient (Wildman–Crippen LogP) is -1.10. The van der Waals surface area contributed by atoms with Gasteiger partial charge in [-0.25, -0.2) is 4.39 Å². The number of nitrogen functional groups attached to an aromatic ring is 1. The molecule has 116 valence electrons. The quantitative estimate of drug-likeness (QED) is 0.522. The van der Waals surface area contributed by atoms with E-state index in [0.29, 0.717) is 0 Å². The molecule has 0 radical (unpaired) electrons. The molecular formula is C13H13FN4O4. The summed E-state index contributed by atoms with van der Waals surface area (Å²) in [7, 11) is 0. The van der Waals surface area contributed by atoms with Crippen LogP contribution in [0, 0.1) is 12.3 Å². The second kappa shape index (κ2) is 4.81. The zero-order valence-electron chi connectivity index (χ0n) is 13.0.